The van der Waals surface area contributed by atoms with Crippen LogP contribution in [0.5, 0.6) is 5.75 Å². The third-order valence-corrected chi connectivity index (χ3v) is 5.73. The topological polar surface area (TPSA) is 175 Å². The zero-order valence-corrected chi connectivity index (χ0v) is 19.0. The molecule has 0 bridgehead atoms. The molecule has 11 heteroatoms. The molecule has 2 aromatic rings. The van der Waals surface area contributed by atoms with E-state index in [0.29, 0.717) is 37.1 Å². The summed E-state index contributed by atoms with van der Waals surface area (Å²) in [5, 5.41) is 32.8. The predicted molar refractivity (Wildman–Crippen MR) is 125 cm³/mol. The molecule has 0 saturated carbocycles. The number of aromatic hydroxyl groups is 1. The van der Waals surface area contributed by atoms with Gasteiger partial charge in [-0.15, -0.1) is 0 Å². The van der Waals surface area contributed by atoms with Crippen molar-refractivity contribution in [3.05, 3.63) is 65.2 Å². The Kier molecular flexibility index (Phi) is 8.63. The zero-order valence-electron chi connectivity index (χ0n) is 19.0. The fourth-order valence-corrected chi connectivity index (χ4v) is 3.81. The van der Waals surface area contributed by atoms with Crippen molar-refractivity contribution in [1.29, 1.82) is 0 Å². The summed E-state index contributed by atoms with van der Waals surface area (Å²) in [6.07, 6.45) is 0.957. The van der Waals surface area contributed by atoms with Crippen LogP contribution in [0.3, 0.4) is 0 Å². The highest BCUT2D eigenvalue weighted by Crippen LogP contribution is 2.17. The van der Waals surface area contributed by atoms with Gasteiger partial charge in [-0.2, -0.15) is 0 Å². The Hall–Kier alpha value is -4.12. The average molecular weight is 485 g/mol. The summed E-state index contributed by atoms with van der Waals surface area (Å²) in [6.45, 7) is 0.367. The lowest BCUT2D eigenvalue weighted by atomic mass is 10.0. The molecule has 3 rings (SSSR count). The SMILES string of the molecule is N/C(=N\O)c1ccc(C(=O)NC(Cc2ccc(O)cc2)C(=O)N2CCC(OCC(=O)O)CC2)cc1. The van der Waals surface area contributed by atoms with Crippen molar-refractivity contribution >= 4 is 23.6 Å². The van der Waals surface area contributed by atoms with Crippen molar-refractivity contribution in [2.24, 2.45) is 10.9 Å². The first-order valence-electron chi connectivity index (χ1n) is 11.1. The summed E-state index contributed by atoms with van der Waals surface area (Å²) in [5.74, 6) is -1.77. The Morgan fingerprint density at radius 3 is 2.23 bits per heavy atom. The number of phenolic OH excluding ortho intramolecular Hbond substituents is 1. The molecule has 186 valence electrons. The van der Waals surface area contributed by atoms with E-state index in [1.165, 1.54) is 36.4 Å². The van der Waals surface area contributed by atoms with Gasteiger partial charge in [0.2, 0.25) is 5.91 Å². The first-order chi connectivity index (χ1) is 16.8. The fraction of sp³-hybridized carbons (Fsp3) is 0.333. The Labute approximate surface area is 201 Å². The molecule has 1 aliphatic heterocycles. The average Bonchev–Trinajstić information content (AvgIpc) is 2.87. The van der Waals surface area contributed by atoms with E-state index < -0.39 is 17.9 Å². The molecular weight excluding hydrogens is 456 g/mol. The normalized spacial score (nSPS) is 15.4. The molecule has 1 heterocycles. The highest BCUT2D eigenvalue weighted by atomic mass is 16.5. The van der Waals surface area contributed by atoms with E-state index in [4.69, 9.17) is 20.8 Å². The van der Waals surface area contributed by atoms with Crippen molar-refractivity contribution in [2.45, 2.75) is 31.4 Å². The van der Waals surface area contributed by atoms with Crippen LogP contribution in [-0.4, -0.2) is 75.8 Å². The molecular formula is C24H28N4O7. The maximum Gasteiger partial charge on any atom is 0.329 e. The molecule has 1 unspecified atom stereocenters. The van der Waals surface area contributed by atoms with Crippen molar-refractivity contribution in [1.82, 2.24) is 10.2 Å². The standard InChI is InChI=1S/C24H28N4O7/c25-22(27-34)16-3-5-17(6-4-16)23(32)26-20(13-15-1-7-18(29)8-2-15)24(33)28-11-9-19(10-12-28)35-14-21(30)31/h1-8,19-20,29,34H,9-14H2,(H2,25,27)(H,26,32)(H,30,31). The van der Waals surface area contributed by atoms with Gasteiger partial charge in [0.1, 0.15) is 18.4 Å². The fourth-order valence-electron chi connectivity index (χ4n) is 3.81. The number of oxime groups is 1. The van der Waals surface area contributed by atoms with E-state index in [1.54, 1.807) is 17.0 Å². The summed E-state index contributed by atoms with van der Waals surface area (Å²) in [4.78, 5) is 38.6. The zero-order chi connectivity index (χ0) is 25.4. The van der Waals surface area contributed by atoms with Gasteiger partial charge in [-0.05, 0) is 42.7 Å². The van der Waals surface area contributed by atoms with Gasteiger partial charge >= 0.3 is 5.97 Å². The monoisotopic (exact) mass is 484 g/mol. The van der Waals surface area contributed by atoms with E-state index >= 15 is 0 Å². The van der Waals surface area contributed by atoms with Crippen LogP contribution in [0.25, 0.3) is 0 Å². The second kappa shape index (κ2) is 11.8. The van der Waals surface area contributed by atoms with Crippen molar-refractivity contribution < 1.29 is 34.5 Å². The molecule has 0 aromatic heterocycles. The number of amides is 2. The van der Waals surface area contributed by atoms with Crippen molar-refractivity contribution in [3.8, 4) is 5.75 Å². The lowest BCUT2D eigenvalue weighted by Crippen LogP contribution is -2.52. The van der Waals surface area contributed by atoms with E-state index in [0.717, 1.165) is 5.56 Å². The van der Waals surface area contributed by atoms with Gasteiger partial charge in [-0.3, -0.25) is 9.59 Å². The van der Waals surface area contributed by atoms with Gasteiger partial charge in [-0.25, -0.2) is 4.79 Å². The first kappa shape index (κ1) is 25.5. The van der Waals surface area contributed by atoms with Crippen molar-refractivity contribution in [2.75, 3.05) is 19.7 Å². The number of carbonyl (C=O) groups excluding carboxylic acids is 2. The van der Waals surface area contributed by atoms with Crippen LogP contribution in [0.1, 0.15) is 34.3 Å². The van der Waals surface area contributed by atoms with E-state index in [1.807, 2.05) is 0 Å². The van der Waals surface area contributed by atoms with E-state index in [2.05, 4.69) is 10.5 Å². The van der Waals surface area contributed by atoms with Gasteiger partial charge in [0, 0.05) is 30.6 Å². The third-order valence-electron chi connectivity index (χ3n) is 5.73. The Bertz CT molecular complexity index is 1060. The minimum absolute atomic E-state index is 0.0897. The number of rotatable bonds is 9. The third kappa shape index (κ3) is 7.18. The maximum absolute atomic E-state index is 13.4. The molecule has 1 aliphatic rings. The van der Waals surface area contributed by atoms with Gasteiger partial charge in [-0.1, -0.05) is 29.4 Å². The minimum Gasteiger partial charge on any atom is -0.508 e. The molecule has 2 aromatic carbocycles. The number of carboxylic acid groups (broad SMARTS) is 1. The number of hydrogen-bond acceptors (Lipinski definition) is 7. The van der Waals surface area contributed by atoms with Gasteiger partial charge in [0.05, 0.1) is 6.10 Å². The quantitative estimate of drug-likeness (QED) is 0.151. The summed E-state index contributed by atoms with van der Waals surface area (Å²) in [7, 11) is 0. The van der Waals surface area contributed by atoms with Crippen LogP contribution in [-0.2, 0) is 20.7 Å². The van der Waals surface area contributed by atoms with E-state index in [-0.39, 0.29) is 36.6 Å². The minimum atomic E-state index is -1.04. The molecule has 0 spiro atoms. The first-order valence-corrected chi connectivity index (χ1v) is 11.1. The molecule has 1 fully saturated rings. The summed E-state index contributed by atoms with van der Waals surface area (Å²) < 4.78 is 5.33. The summed E-state index contributed by atoms with van der Waals surface area (Å²) in [6, 6.07) is 11.6. The summed E-state index contributed by atoms with van der Waals surface area (Å²) in [5.41, 5.74) is 7.04. The number of carboxylic acids is 1. The predicted octanol–water partition coefficient (Wildman–Crippen LogP) is 0.920. The number of aliphatic carboxylic acids is 1. The van der Waals surface area contributed by atoms with Crippen LogP contribution < -0.4 is 11.1 Å². The number of benzene rings is 2. The highest BCUT2D eigenvalue weighted by Gasteiger charge is 2.30. The molecule has 1 atom stereocenters. The largest absolute Gasteiger partial charge is 0.508 e. The van der Waals surface area contributed by atoms with Gasteiger partial charge in [0.25, 0.3) is 5.91 Å². The van der Waals surface area contributed by atoms with Gasteiger partial charge < -0.3 is 36.1 Å². The van der Waals surface area contributed by atoms with Crippen LogP contribution in [0, 0.1) is 0 Å². The van der Waals surface area contributed by atoms with Crippen LogP contribution in [0.2, 0.25) is 0 Å². The number of likely N-dealkylation sites (tertiary alicyclic amines) is 1. The number of nitrogens with two attached hydrogens (primary N) is 1. The highest BCUT2D eigenvalue weighted by molar-refractivity contribution is 6.00. The molecule has 35 heavy (non-hydrogen) atoms. The van der Waals surface area contributed by atoms with Crippen LogP contribution in [0.15, 0.2) is 53.7 Å². The number of piperidine rings is 1. The Morgan fingerprint density at radius 2 is 1.66 bits per heavy atom. The summed E-state index contributed by atoms with van der Waals surface area (Å²) >= 11 is 0. The molecule has 11 nitrogen and oxygen atoms in total. The lowest BCUT2D eigenvalue weighted by molar-refractivity contribution is -0.147. The Balaban J connectivity index is 1.71. The molecule has 0 radical (unpaired) electrons. The molecule has 0 aliphatic carbocycles. The van der Waals surface area contributed by atoms with E-state index in [9.17, 15) is 19.5 Å². The molecule has 2 amide bonds. The maximum atomic E-state index is 13.4. The lowest BCUT2D eigenvalue weighted by Gasteiger charge is -2.34. The number of phenols is 1. The van der Waals surface area contributed by atoms with Crippen LogP contribution >= 0.6 is 0 Å². The second-order valence-electron chi connectivity index (χ2n) is 8.19. The van der Waals surface area contributed by atoms with Crippen molar-refractivity contribution in [3.63, 3.8) is 0 Å². The number of carbonyl (C=O) groups is 3. The smallest absolute Gasteiger partial charge is 0.329 e. The number of nitrogens with zero attached hydrogens (tertiary/aromatic N) is 2. The Morgan fingerprint density at radius 1 is 1.06 bits per heavy atom. The second-order valence-corrected chi connectivity index (χ2v) is 8.19. The number of ether oxygens (including phenoxy) is 1. The van der Waals surface area contributed by atoms with Crippen LogP contribution in [0.4, 0.5) is 0 Å². The number of nitrogens with one attached hydrogen (secondary N) is 1. The molecule has 1 saturated heterocycles. The molecule has 6 N–H and O–H groups in total. The number of amidine groups is 1. The number of hydrogen-bond donors (Lipinski definition) is 5. The van der Waals surface area contributed by atoms with Gasteiger partial charge in [0.15, 0.2) is 5.84 Å².